The summed E-state index contributed by atoms with van der Waals surface area (Å²) >= 11 is 0. The molecule has 0 fully saturated rings. The maximum absolute atomic E-state index is 6.09. The molecule has 0 aliphatic heterocycles. The monoisotopic (exact) mass is 269 g/mol. The second-order valence-electron chi connectivity index (χ2n) is 5.62. The first kappa shape index (κ1) is 14.6. The van der Waals surface area contributed by atoms with E-state index in [-0.39, 0.29) is 5.41 Å². The van der Waals surface area contributed by atoms with E-state index in [0.29, 0.717) is 6.54 Å². The molecule has 2 N–H and O–H groups in total. The Balaban J connectivity index is 2.36. The van der Waals surface area contributed by atoms with Gasteiger partial charge in [0.1, 0.15) is 5.75 Å². The summed E-state index contributed by atoms with van der Waals surface area (Å²) in [6, 6.07) is 16.8. The number of aryl methyl sites for hydroxylation is 1. The maximum atomic E-state index is 6.09. The minimum Gasteiger partial charge on any atom is -0.496 e. The molecule has 0 saturated carbocycles. The van der Waals surface area contributed by atoms with Gasteiger partial charge in [-0.1, -0.05) is 55.0 Å². The molecule has 2 nitrogen and oxygen atoms in total. The Bertz CT molecular complexity index is 579. The molecule has 20 heavy (non-hydrogen) atoms. The fraction of sp³-hybridized carbons (Fsp3) is 0.333. The number of benzene rings is 2. The first-order chi connectivity index (χ1) is 9.59. The third kappa shape index (κ3) is 3.02. The minimum atomic E-state index is -0.0827. The van der Waals surface area contributed by atoms with E-state index in [1.54, 1.807) is 7.11 Å². The lowest BCUT2D eigenvalue weighted by Gasteiger charge is -2.30. The molecule has 0 heterocycles. The van der Waals surface area contributed by atoms with Crippen LogP contribution in [0.4, 0.5) is 0 Å². The van der Waals surface area contributed by atoms with Crippen LogP contribution in [0.3, 0.4) is 0 Å². The van der Waals surface area contributed by atoms with E-state index in [0.717, 1.165) is 12.2 Å². The molecule has 0 saturated heterocycles. The van der Waals surface area contributed by atoms with Crippen molar-refractivity contribution in [1.82, 2.24) is 0 Å². The van der Waals surface area contributed by atoms with E-state index in [4.69, 9.17) is 10.5 Å². The Morgan fingerprint density at radius 3 is 2.50 bits per heavy atom. The van der Waals surface area contributed by atoms with E-state index in [1.165, 1.54) is 16.7 Å². The van der Waals surface area contributed by atoms with E-state index in [1.807, 2.05) is 18.2 Å². The molecule has 0 aliphatic rings. The molecule has 0 amide bonds. The van der Waals surface area contributed by atoms with Gasteiger partial charge in [-0.2, -0.15) is 0 Å². The molecule has 0 spiro atoms. The first-order valence-electron chi connectivity index (χ1n) is 6.98. The van der Waals surface area contributed by atoms with Crippen LogP contribution in [-0.2, 0) is 11.8 Å². The van der Waals surface area contributed by atoms with Crippen molar-refractivity contribution >= 4 is 0 Å². The zero-order chi connectivity index (χ0) is 14.6. The number of nitrogens with two attached hydrogens (primary N) is 1. The Morgan fingerprint density at radius 1 is 1.10 bits per heavy atom. The molecule has 0 aliphatic carbocycles. The molecule has 1 atom stereocenters. The van der Waals surface area contributed by atoms with Crippen LogP contribution in [0, 0.1) is 6.92 Å². The number of ether oxygens (including phenoxy) is 1. The van der Waals surface area contributed by atoms with Gasteiger partial charge in [0.25, 0.3) is 0 Å². The van der Waals surface area contributed by atoms with Crippen molar-refractivity contribution in [3.8, 4) is 5.75 Å². The summed E-state index contributed by atoms with van der Waals surface area (Å²) in [6.45, 7) is 4.94. The lowest BCUT2D eigenvalue weighted by molar-refractivity contribution is 0.399. The maximum Gasteiger partial charge on any atom is 0.122 e. The predicted molar refractivity (Wildman–Crippen MR) is 84.3 cm³/mol. The summed E-state index contributed by atoms with van der Waals surface area (Å²) in [5, 5.41) is 0. The molecule has 2 aromatic carbocycles. The number of hydrogen-bond acceptors (Lipinski definition) is 2. The summed E-state index contributed by atoms with van der Waals surface area (Å²) in [4.78, 5) is 0. The largest absolute Gasteiger partial charge is 0.496 e. The van der Waals surface area contributed by atoms with E-state index < -0.39 is 0 Å². The number of methoxy groups -OCH3 is 1. The third-order valence-electron chi connectivity index (χ3n) is 3.94. The number of hydrogen-bond donors (Lipinski definition) is 1. The summed E-state index contributed by atoms with van der Waals surface area (Å²) in [5.74, 6) is 0.930. The molecule has 2 rings (SSSR count). The zero-order valence-electron chi connectivity index (χ0n) is 12.5. The first-order valence-corrected chi connectivity index (χ1v) is 6.98. The summed E-state index contributed by atoms with van der Waals surface area (Å²) < 4.78 is 5.45. The van der Waals surface area contributed by atoms with E-state index in [2.05, 4.69) is 44.2 Å². The van der Waals surface area contributed by atoms with Gasteiger partial charge >= 0.3 is 0 Å². The molecule has 2 aromatic rings. The minimum absolute atomic E-state index is 0.0827. The summed E-state index contributed by atoms with van der Waals surface area (Å²) in [6.07, 6.45) is 0.872. The predicted octanol–water partition coefficient (Wildman–Crippen LogP) is 3.46. The highest BCUT2D eigenvalue weighted by Gasteiger charge is 2.26. The van der Waals surface area contributed by atoms with Gasteiger partial charge in [-0.25, -0.2) is 0 Å². The van der Waals surface area contributed by atoms with Crippen LogP contribution in [-0.4, -0.2) is 13.7 Å². The van der Waals surface area contributed by atoms with Gasteiger partial charge in [0.2, 0.25) is 0 Å². The fourth-order valence-corrected chi connectivity index (χ4v) is 2.58. The molecule has 0 bridgehead atoms. The lowest BCUT2D eigenvalue weighted by Crippen LogP contribution is -2.34. The van der Waals surface area contributed by atoms with Crippen LogP contribution in [0.25, 0.3) is 0 Å². The highest BCUT2D eigenvalue weighted by atomic mass is 16.5. The summed E-state index contributed by atoms with van der Waals surface area (Å²) in [7, 11) is 1.71. The smallest absolute Gasteiger partial charge is 0.122 e. The van der Waals surface area contributed by atoms with Gasteiger partial charge in [0.05, 0.1) is 7.11 Å². The SMILES string of the molecule is COc1ccccc1CC(C)(CN)c1cccc(C)c1. The Labute approximate surface area is 121 Å². The quantitative estimate of drug-likeness (QED) is 0.902. The Hall–Kier alpha value is -1.80. The van der Waals surface area contributed by atoms with Crippen LogP contribution in [0.2, 0.25) is 0 Å². The standard InChI is InChI=1S/C18H23NO/c1-14-7-6-9-16(11-14)18(2,13-19)12-15-8-4-5-10-17(15)20-3/h4-11H,12-13,19H2,1-3H3. The average molecular weight is 269 g/mol. The number of para-hydroxylation sites is 1. The molecule has 0 radical (unpaired) electrons. The van der Waals surface area contributed by atoms with Gasteiger partial charge in [0, 0.05) is 12.0 Å². The van der Waals surface area contributed by atoms with E-state index in [9.17, 15) is 0 Å². The topological polar surface area (TPSA) is 35.2 Å². The fourth-order valence-electron chi connectivity index (χ4n) is 2.58. The van der Waals surface area contributed by atoms with Gasteiger partial charge in [-0.3, -0.25) is 0 Å². The van der Waals surface area contributed by atoms with Crippen LogP contribution >= 0.6 is 0 Å². The normalized spacial score (nSPS) is 13.8. The van der Waals surface area contributed by atoms with Crippen molar-refractivity contribution in [2.75, 3.05) is 13.7 Å². The molecular formula is C18H23NO. The highest BCUT2D eigenvalue weighted by Crippen LogP contribution is 2.31. The lowest BCUT2D eigenvalue weighted by atomic mass is 9.77. The van der Waals surface area contributed by atoms with Crippen molar-refractivity contribution in [2.24, 2.45) is 5.73 Å². The van der Waals surface area contributed by atoms with Gasteiger partial charge in [0.15, 0.2) is 0 Å². The van der Waals surface area contributed by atoms with Crippen molar-refractivity contribution < 1.29 is 4.74 Å². The molecule has 106 valence electrons. The molecule has 2 heteroatoms. The van der Waals surface area contributed by atoms with Crippen LogP contribution < -0.4 is 10.5 Å². The van der Waals surface area contributed by atoms with Crippen LogP contribution in [0.5, 0.6) is 5.75 Å². The Morgan fingerprint density at radius 2 is 1.85 bits per heavy atom. The van der Waals surface area contributed by atoms with Crippen molar-refractivity contribution in [2.45, 2.75) is 25.7 Å². The van der Waals surface area contributed by atoms with Crippen molar-refractivity contribution in [3.63, 3.8) is 0 Å². The average Bonchev–Trinajstić information content (AvgIpc) is 2.47. The zero-order valence-corrected chi connectivity index (χ0v) is 12.5. The highest BCUT2D eigenvalue weighted by molar-refractivity contribution is 5.38. The van der Waals surface area contributed by atoms with Crippen LogP contribution in [0.15, 0.2) is 48.5 Å². The summed E-state index contributed by atoms with van der Waals surface area (Å²) in [5.41, 5.74) is 9.75. The van der Waals surface area contributed by atoms with Gasteiger partial charge in [-0.15, -0.1) is 0 Å². The second kappa shape index (κ2) is 6.10. The van der Waals surface area contributed by atoms with Gasteiger partial charge < -0.3 is 10.5 Å². The number of rotatable bonds is 5. The van der Waals surface area contributed by atoms with Crippen molar-refractivity contribution in [3.05, 3.63) is 65.2 Å². The van der Waals surface area contributed by atoms with Crippen LogP contribution in [0.1, 0.15) is 23.6 Å². The Kier molecular flexibility index (Phi) is 4.46. The van der Waals surface area contributed by atoms with E-state index >= 15 is 0 Å². The van der Waals surface area contributed by atoms with Gasteiger partial charge in [-0.05, 0) is 30.5 Å². The molecule has 0 aromatic heterocycles. The molecule has 1 unspecified atom stereocenters. The molecular weight excluding hydrogens is 246 g/mol. The third-order valence-corrected chi connectivity index (χ3v) is 3.94. The second-order valence-corrected chi connectivity index (χ2v) is 5.62. The van der Waals surface area contributed by atoms with Crippen molar-refractivity contribution in [1.29, 1.82) is 0 Å².